The van der Waals surface area contributed by atoms with E-state index in [1.165, 1.54) is 0 Å². The number of amides is 2. The summed E-state index contributed by atoms with van der Waals surface area (Å²) in [5.41, 5.74) is 2.50. The molecule has 1 fully saturated rings. The zero-order valence-electron chi connectivity index (χ0n) is 13.2. The second kappa shape index (κ2) is 7.12. The lowest BCUT2D eigenvalue weighted by Gasteiger charge is -2.09. The molecule has 3 N–H and O–H groups in total. The fraction of sp³-hybridized carbons (Fsp3) is 0.278. The summed E-state index contributed by atoms with van der Waals surface area (Å²) < 4.78 is 0. The van der Waals surface area contributed by atoms with Gasteiger partial charge in [0.15, 0.2) is 0 Å². The van der Waals surface area contributed by atoms with Gasteiger partial charge < -0.3 is 10.4 Å². The minimum absolute atomic E-state index is 0.0630. The number of carbonyl (C=O) groups is 2. The minimum Gasteiger partial charge on any atom is -0.481 e. The van der Waals surface area contributed by atoms with Crippen LogP contribution in [0.2, 0.25) is 0 Å². The Bertz CT molecular complexity index is 757. The SMILES string of the molecule is O=C(O)CCc1cccc(NC(=O)Nc2cccc(C3CC3)n2)c1. The number of urea groups is 1. The highest BCUT2D eigenvalue weighted by Crippen LogP contribution is 2.39. The van der Waals surface area contributed by atoms with Gasteiger partial charge in [0, 0.05) is 23.7 Å². The smallest absolute Gasteiger partial charge is 0.324 e. The summed E-state index contributed by atoms with van der Waals surface area (Å²) in [7, 11) is 0. The number of carboxylic acids is 1. The number of aryl methyl sites for hydroxylation is 1. The van der Waals surface area contributed by atoms with Crippen LogP contribution in [0.1, 0.15) is 36.4 Å². The highest BCUT2D eigenvalue weighted by molar-refractivity contribution is 5.99. The number of anilines is 2. The van der Waals surface area contributed by atoms with Gasteiger partial charge in [0.25, 0.3) is 0 Å². The van der Waals surface area contributed by atoms with Crippen LogP contribution >= 0.6 is 0 Å². The van der Waals surface area contributed by atoms with Gasteiger partial charge in [-0.3, -0.25) is 10.1 Å². The van der Waals surface area contributed by atoms with Crippen molar-refractivity contribution in [3.63, 3.8) is 0 Å². The number of nitrogens with zero attached hydrogens (tertiary/aromatic N) is 1. The summed E-state index contributed by atoms with van der Waals surface area (Å²) >= 11 is 0. The van der Waals surface area contributed by atoms with E-state index < -0.39 is 5.97 Å². The van der Waals surface area contributed by atoms with Crippen LogP contribution in [-0.4, -0.2) is 22.1 Å². The first kappa shape index (κ1) is 16.0. The van der Waals surface area contributed by atoms with E-state index in [1.807, 2.05) is 18.2 Å². The van der Waals surface area contributed by atoms with Crippen molar-refractivity contribution in [3.05, 3.63) is 53.7 Å². The Morgan fingerprint density at radius 2 is 1.92 bits per heavy atom. The fourth-order valence-corrected chi connectivity index (χ4v) is 2.46. The third-order valence-electron chi connectivity index (χ3n) is 3.82. The van der Waals surface area contributed by atoms with E-state index in [0.29, 0.717) is 23.8 Å². The second-order valence-corrected chi connectivity index (χ2v) is 5.90. The van der Waals surface area contributed by atoms with Crippen LogP contribution in [0.3, 0.4) is 0 Å². The normalized spacial score (nSPS) is 13.3. The lowest BCUT2D eigenvalue weighted by Crippen LogP contribution is -2.20. The van der Waals surface area contributed by atoms with Crippen molar-refractivity contribution in [2.45, 2.75) is 31.6 Å². The first-order chi connectivity index (χ1) is 11.6. The van der Waals surface area contributed by atoms with Gasteiger partial charge in [-0.15, -0.1) is 0 Å². The predicted octanol–water partition coefficient (Wildman–Crippen LogP) is 3.62. The average Bonchev–Trinajstić information content (AvgIpc) is 3.38. The van der Waals surface area contributed by atoms with Gasteiger partial charge >= 0.3 is 12.0 Å². The molecule has 0 spiro atoms. The van der Waals surface area contributed by atoms with Gasteiger partial charge in [0.05, 0.1) is 0 Å². The van der Waals surface area contributed by atoms with Crippen molar-refractivity contribution in [2.24, 2.45) is 0 Å². The summed E-state index contributed by atoms with van der Waals surface area (Å²) in [5.74, 6) is 0.215. The average molecular weight is 325 g/mol. The summed E-state index contributed by atoms with van der Waals surface area (Å²) in [6.07, 6.45) is 2.81. The third kappa shape index (κ3) is 4.55. The van der Waals surface area contributed by atoms with E-state index in [1.54, 1.807) is 24.3 Å². The molecule has 6 nitrogen and oxygen atoms in total. The van der Waals surface area contributed by atoms with Crippen molar-refractivity contribution in [1.82, 2.24) is 4.98 Å². The molecule has 1 saturated carbocycles. The molecule has 6 heteroatoms. The number of benzene rings is 1. The van der Waals surface area contributed by atoms with Crippen molar-refractivity contribution in [1.29, 1.82) is 0 Å². The van der Waals surface area contributed by atoms with E-state index in [4.69, 9.17) is 5.11 Å². The molecule has 0 unspecified atom stereocenters. The Morgan fingerprint density at radius 3 is 2.67 bits per heavy atom. The van der Waals surface area contributed by atoms with Gasteiger partial charge in [0.1, 0.15) is 5.82 Å². The lowest BCUT2D eigenvalue weighted by atomic mass is 10.1. The molecule has 0 aliphatic heterocycles. The molecule has 1 heterocycles. The highest BCUT2D eigenvalue weighted by Gasteiger charge is 2.25. The Hall–Kier alpha value is -2.89. The molecule has 0 atom stereocenters. The van der Waals surface area contributed by atoms with Crippen LogP contribution in [0, 0.1) is 0 Å². The van der Waals surface area contributed by atoms with Crippen molar-refractivity contribution in [3.8, 4) is 0 Å². The maximum absolute atomic E-state index is 12.1. The molecule has 24 heavy (non-hydrogen) atoms. The Morgan fingerprint density at radius 1 is 1.12 bits per heavy atom. The van der Waals surface area contributed by atoms with Gasteiger partial charge in [-0.2, -0.15) is 0 Å². The monoisotopic (exact) mass is 325 g/mol. The van der Waals surface area contributed by atoms with E-state index in [0.717, 1.165) is 24.1 Å². The molecule has 0 radical (unpaired) electrons. The molecule has 1 aromatic heterocycles. The molecule has 0 bridgehead atoms. The summed E-state index contributed by atoms with van der Waals surface area (Å²) in [4.78, 5) is 27.2. The number of carboxylic acid groups (broad SMARTS) is 1. The molecule has 124 valence electrons. The molecule has 1 aliphatic rings. The maximum atomic E-state index is 12.1. The standard InChI is InChI=1S/C18H19N3O3/c22-17(23)10-7-12-3-1-4-14(11-12)19-18(24)21-16-6-2-5-15(20-16)13-8-9-13/h1-6,11,13H,7-10H2,(H,22,23)(H2,19,20,21,24). The quantitative estimate of drug-likeness (QED) is 0.756. The molecular weight excluding hydrogens is 306 g/mol. The fourth-order valence-electron chi connectivity index (χ4n) is 2.46. The molecule has 0 saturated heterocycles. The first-order valence-corrected chi connectivity index (χ1v) is 7.96. The number of hydrogen-bond acceptors (Lipinski definition) is 3. The predicted molar refractivity (Wildman–Crippen MR) is 91.3 cm³/mol. The zero-order chi connectivity index (χ0) is 16.9. The number of aromatic nitrogens is 1. The molecule has 3 rings (SSSR count). The Kier molecular flexibility index (Phi) is 4.74. The summed E-state index contributed by atoms with van der Waals surface area (Å²) in [5, 5.41) is 14.2. The van der Waals surface area contributed by atoms with Gasteiger partial charge in [-0.25, -0.2) is 9.78 Å². The van der Waals surface area contributed by atoms with Crippen molar-refractivity contribution < 1.29 is 14.7 Å². The Balaban J connectivity index is 1.59. The van der Waals surface area contributed by atoms with Gasteiger partial charge in [-0.1, -0.05) is 18.2 Å². The number of aliphatic carboxylic acids is 1. The largest absolute Gasteiger partial charge is 0.481 e. The van der Waals surface area contributed by atoms with Gasteiger partial charge in [-0.05, 0) is 49.1 Å². The van der Waals surface area contributed by atoms with Crippen LogP contribution < -0.4 is 10.6 Å². The third-order valence-corrected chi connectivity index (χ3v) is 3.82. The van der Waals surface area contributed by atoms with Crippen LogP contribution in [0.4, 0.5) is 16.3 Å². The summed E-state index contributed by atoms with van der Waals surface area (Å²) in [6.45, 7) is 0. The number of nitrogens with one attached hydrogen (secondary N) is 2. The van der Waals surface area contributed by atoms with Crippen LogP contribution in [0.25, 0.3) is 0 Å². The molecule has 1 aromatic carbocycles. The molecule has 1 aliphatic carbocycles. The van der Waals surface area contributed by atoms with E-state index in [9.17, 15) is 9.59 Å². The Labute approximate surface area is 139 Å². The van der Waals surface area contributed by atoms with Gasteiger partial charge in [0.2, 0.25) is 0 Å². The van der Waals surface area contributed by atoms with E-state index in [-0.39, 0.29) is 12.5 Å². The van der Waals surface area contributed by atoms with E-state index in [2.05, 4.69) is 15.6 Å². The first-order valence-electron chi connectivity index (χ1n) is 7.96. The number of rotatable bonds is 6. The lowest BCUT2D eigenvalue weighted by molar-refractivity contribution is -0.136. The highest BCUT2D eigenvalue weighted by atomic mass is 16.4. The topological polar surface area (TPSA) is 91.3 Å². The van der Waals surface area contributed by atoms with Crippen LogP contribution in [0.5, 0.6) is 0 Å². The van der Waals surface area contributed by atoms with E-state index >= 15 is 0 Å². The van der Waals surface area contributed by atoms with Crippen molar-refractivity contribution >= 4 is 23.5 Å². The maximum Gasteiger partial charge on any atom is 0.324 e. The number of carbonyl (C=O) groups excluding carboxylic acids is 1. The molecular formula is C18H19N3O3. The zero-order valence-corrected chi connectivity index (χ0v) is 13.2. The number of hydrogen-bond donors (Lipinski definition) is 3. The molecule has 2 amide bonds. The van der Waals surface area contributed by atoms with Crippen LogP contribution in [-0.2, 0) is 11.2 Å². The second-order valence-electron chi connectivity index (χ2n) is 5.90. The number of pyridine rings is 1. The van der Waals surface area contributed by atoms with Crippen molar-refractivity contribution in [2.75, 3.05) is 10.6 Å². The summed E-state index contributed by atoms with van der Waals surface area (Å²) in [6, 6.07) is 12.4. The van der Waals surface area contributed by atoms with Crippen LogP contribution in [0.15, 0.2) is 42.5 Å². The minimum atomic E-state index is -0.840. The molecule has 2 aromatic rings.